The van der Waals surface area contributed by atoms with Gasteiger partial charge in [0.1, 0.15) is 17.5 Å². The number of halogens is 3. The third-order valence-electron chi connectivity index (χ3n) is 1.97. The molecular weight excluding hydrogens is 254 g/mol. The number of hydrogen-bond donors (Lipinski definition) is 0. The van der Waals surface area contributed by atoms with Crippen LogP contribution < -0.4 is 0 Å². The number of hydrogen-bond acceptors (Lipinski definition) is 4. The molecule has 0 atom stereocenters. The van der Waals surface area contributed by atoms with Gasteiger partial charge in [-0.15, -0.1) is 0 Å². The quantitative estimate of drug-likeness (QED) is 0.782. The summed E-state index contributed by atoms with van der Waals surface area (Å²) in [6.07, 6.45) is -3.33. The van der Waals surface area contributed by atoms with E-state index in [1.165, 1.54) is 0 Å². The van der Waals surface area contributed by atoms with Gasteiger partial charge in [0.15, 0.2) is 0 Å². The topological polar surface area (TPSA) is 63.0 Å². The van der Waals surface area contributed by atoms with Crippen molar-refractivity contribution in [3.8, 4) is 6.07 Å². The van der Waals surface area contributed by atoms with Crippen LogP contribution in [0.15, 0.2) is 6.07 Å². The molecule has 90 valence electrons. The van der Waals surface area contributed by atoms with E-state index in [4.69, 9.17) is 16.9 Å². The number of esters is 1. The summed E-state index contributed by atoms with van der Waals surface area (Å²) in [6.45, 7) is 0. The Labute approximate surface area is 101 Å². The summed E-state index contributed by atoms with van der Waals surface area (Å²) in [7, 11) is 1.13. The SMILES string of the molecule is COC(=O)Cc1c(Cl)cc(C#N)nc1C(F)F. The molecule has 1 aromatic heterocycles. The standard InChI is InChI=1S/C10H7ClF2N2O2/c1-17-8(16)3-6-7(11)2-5(4-14)15-9(6)10(12)13/h2,10H,3H2,1H3. The lowest BCUT2D eigenvalue weighted by Gasteiger charge is -2.09. The van der Waals surface area contributed by atoms with Crippen LogP contribution in [0.25, 0.3) is 0 Å². The molecule has 1 rings (SSSR count). The van der Waals surface area contributed by atoms with Crippen molar-refractivity contribution < 1.29 is 18.3 Å². The second-order valence-corrected chi connectivity index (χ2v) is 3.43. The highest BCUT2D eigenvalue weighted by Crippen LogP contribution is 2.28. The number of alkyl halides is 2. The third-order valence-corrected chi connectivity index (χ3v) is 2.31. The van der Waals surface area contributed by atoms with E-state index in [-0.39, 0.29) is 16.3 Å². The van der Waals surface area contributed by atoms with Gasteiger partial charge in [0.25, 0.3) is 6.43 Å². The van der Waals surface area contributed by atoms with Crippen LogP contribution in [0.5, 0.6) is 0 Å². The van der Waals surface area contributed by atoms with E-state index in [1.807, 2.05) is 0 Å². The summed E-state index contributed by atoms with van der Waals surface area (Å²) in [5, 5.41) is 8.48. The summed E-state index contributed by atoms with van der Waals surface area (Å²) >= 11 is 5.73. The van der Waals surface area contributed by atoms with Crippen LogP contribution in [0.1, 0.15) is 23.4 Å². The summed E-state index contributed by atoms with van der Waals surface area (Å²) in [4.78, 5) is 14.5. The second-order valence-electron chi connectivity index (χ2n) is 3.02. The smallest absolute Gasteiger partial charge is 0.310 e. The number of rotatable bonds is 3. The van der Waals surface area contributed by atoms with Gasteiger partial charge in [-0.2, -0.15) is 5.26 Å². The lowest BCUT2D eigenvalue weighted by atomic mass is 10.1. The molecule has 4 nitrogen and oxygen atoms in total. The second kappa shape index (κ2) is 5.55. The fraction of sp³-hybridized carbons (Fsp3) is 0.300. The monoisotopic (exact) mass is 260 g/mol. The number of pyridine rings is 1. The highest BCUT2D eigenvalue weighted by atomic mass is 35.5. The molecule has 17 heavy (non-hydrogen) atoms. The van der Waals surface area contributed by atoms with E-state index in [1.54, 1.807) is 6.07 Å². The van der Waals surface area contributed by atoms with Gasteiger partial charge in [0.2, 0.25) is 0 Å². The third kappa shape index (κ3) is 3.11. The van der Waals surface area contributed by atoms with Crippen LogP contribution in [0.2, 0.25) is 5.02 Å². The van der Waals surface area contributed by atoms with Crippen LogP contribution >= 0.6 is 11.6 Å². The van der Waals surface area contributed by atoms with Crippen molar-refractivity contribution in [3.63, 3.8) is 0 Å². The maximum Gasteiger partial charge on any atom is 0.310 e. The molecule has 0 saturated heterocycles. The van der Waals surface area contributed by atoms with Crippen molar-refractivity contribution in [2.24, 2.45) is 0 Å². The Morgan fingerprint density at radius 2 is 2.35 bits per heavy atom. The van der Waals surface area contributed by atoms with Gasteiger partial charge < -0.3 is 4.74 Å². The largest absolute Gasteiger partial charge is 0.469 e. The fourth-order valence-electron chi connectivity index (χ4n) is 1.19. The molecule has 0 spiro atoms. The molecule has 0 unspecified atom stereocenters. The van der Waals surface area contributed by atoms with Crippen molar-refractivity contribution >= 4 is 17.6 Å². The highest BCUT2D eigenvalue weighted by Gasteiger charge is 2.21. The van der Waals surface area contributed by atoms with Crippen LogP contribution in [0.4, 0.5) is 8.78 Å². The molecule has 1 heterocycles. The maximum atomic E-state index is 12.7. The molecule has 0 fully saturated rings. The number of aromatic nitrogens is 1. The van der Waals surface area contributed by atoms with Gasteiger partial charge in [-0.05, 0) is 6.07 Å². The van der Waals surface area contributed by atoms with Crippen LogP contribution in [-0.2, 0) is 16.0 Å². The fourth-order valence-corrected chi connectivity index (χ4v) is 1.46. The molecule has 0 bridgehead atoms. The van der Waals surface area contributed by atoms with E-state index in [0.29, 0.717) is 0 Å². The van der Waals surface area contributed by atoms with E-state index in [0.717, 1.165) is 13.2 Å². The summed E-state index contributed by atoms with van der Waals surface area (Å²) in [5.74, 6) is -0.708. The zero-order chi connectivity index (χ0) is 13.0. The summed E-state index contributed by atoms with van der Waals surface area (Å²) < 4.78 is 29.8. The highest BCUT2D eigenvalue weighted by molar-refractivity contribution is 6.31. The summed E-state index contributed by atoms with van der Waals surface area (Å²) in [5.41, 5.74) is -1.01. The molecule has 0 aliphatic rings. The Hall–Kier alpha value is -1.74. The minimum absolute atomic E-state index is 0.0998. The molecule has 0 saturated carbocycles. The number of ether oxygens (including phenoxy) is 1. The molecule has 0 aromatic carbocycles. The van der Waals surface area contributed by atoms with Crippen molar-refractivity contribution in [2.75, 3.05) is 7.11 Å². The number of methoxy groups -OCH3 is 1. The maximum absolute atomic E-state index is 12.7. The number of nitriles is 1. The van der Waals surface area contributed by atoms with Gasteiger partial charge in [0.05, 0.1) is 13.5 Å². The van der Waals surface area contributed by atoms with Crippen LogP contribution in [-0.4, -0.2) is 18.1 Å². The minimum Gasteiger partial charge on any atom is -0.469 e. The van der Waals surface area contributed by atoms with E-state index in [9.17, 15) is 13.6 Å². The molecule has 0 amide bonds. The molecule has 7 heteroatoms. The zero-order valence-electron chi connectivity index (χ0n) is 8.71. The van der Waals surface area contributed by atoms with E-state index >= 15 is 0 Å². The van der Waals surface area contributed by atoms with E-state index < -0.39 is 24.5 Å². The first-order valence-corrected chi connectivity index (χ1v) is 4.81. The Bertz CT molecular complexity index is 486. The van der Waals surface area contributed by atoms with Crippen molar-refractivity contribution in [1.29, 1.82) is 5.26 Å². The van der Waals surface area contributed by atoms with E-state index in [2.05, 4.69) is 9.72 Å². The number of carbonyl (C=O) groups is 1. The van der Waals surface area contributed by atoms with Gasteiger partial charge in [-0.25, -0.2) is 13.8 Å². The summed E-state index contributed by atoms with van der Waals surface area (Å²) in [6, 6.07) is 2.74. The molecule has 0 radical (unpaired) electrons. The average Bonchev–Trinajstić information content (AvgIpc) is 2.30. The lowest BCUT2D eigenvalue weighted by Crippen LogP contribution is -2.10. The predicted molar refractivity (Wildman–Crippen MR) is 54.6 cm³/mol. The molecule has 0 N–H and O–H groups in total. The lowest BCUT2D eigenvalue weighted by molar-refractivity contribution is -0.139. The zero-order valence-corrected chi connectivity index (χ0v) is 9.46. The minimum atomic E-state index is -2.92. The molecule has 1 aromatic rings. The Balaban J connectivity index is 3.27. The predicted octanol–water partition coefficient (Wildman–Crippen LogP) is 2.26. The van der Waals surface area contributed by atoms with Crippen molar-refractivity contribution in [1.82, 2.24) is 4.98 Å². The number of nitrogens with zero attached hydrogens (tertiary/aromatic N) is 2. The number of carbonyl (C=O) groups excluding carboxylic acids is 1. The van der Waals surface area contributed by atoms with Crippen LogP contribution in [0.3, 0.4) is 0 Å². The first-order chi connectivity index (χ1) is 7.99. The Kier molecular flexibility index (Phi) is 4.35. The molecule has 0 aliphatic heterocycles. The molecular formula is C10H7ClF2N2O2. The van der Waals surface area contributed by atoms with Gasteiger partial charge in [-0.1, -0.05) is 11.6 Å². The Morgan fingerprint density at radius 3 is 2.82 bits per heavy atom. The average molecular weight is 261 g/mol. The first kappa shape index (κ1) is 13.3. The normalized spacial score (nSPS) is 10.1. The molecule has 0 aliphatic carbocycles. The van der Waals surface area contributed by atoms with Crippen molar-refractivity contribution in [3.05, 3.63) is 28.0 Å². The van der Waals surface area contributed by atoms with Crippen molar-refractivity contribution in [2.45, 2.75) is 12.8 Å². The first-order valence-electron chi connectivity index (χ1n) is 4.44. The van der Waals surface area contributed by atoms with Gasteiger partial charge >= 0.3 is 5.97 Å². The van der Waals surface area contributed by atoms with Gasteiger partial charge in [-0.3, -0.25) is 4.79 Å². The van der Waals surface area contributed by atoms with Gasteiger partial charge in [0, 0.05) is 10.6 Å². The van der Waals surface area contributed by atoms with Crippen LogP contribution in [0, 0.1) is 11.3 Å². The Morgan fingerprint density at radius 1 is 1.71 bits per heavy atom.